The highest BCUT2D eigenvalue weighted by Gasteiger charge is 2.39. The Morgan fingerprint density at radius 3 is 2.48 bits per heavy atom. The molecule has 1 aromatic rings. The van der Waals surface area contributed by atoms with Gasteiger partial charge in [0.15, 0.2) is 0 Å². The van der Waals surface area contributed by atoms with E-state index < -0.39 is 0 Å². The van der Waals surface area contributed by atoms with Gasteiger partial charge in [0.25, 0.3) is 5.91 Å². The second kappa shape index (κ2) is 5.88. The lowest BCUT2D eigenvalue weighted by molar-refractivity contribution is -0.117. The van der Waals surface area contributed by atoms with Gasteiger partial charge in [-0.3, -0.25) is 9.59 Å². The van der Waals surface area contributed by atoms with Crippen LogP contribution in [-0.2, 0) is 4.79 Å². The number of carbonyl (C=O) groups excluding carboxylic acids is 2. The Labute approximate surface area is 125 Å². The van der Waals surface area contributed by atoms with Crippen LogP contribution in [0.15, 0.2) is 24.3 Å². The second-order valence-corrected chi connectivity index (χ2v) is 6.21. The molecule has 1 aliphatic carbocycles. The SMILES string of the molecule is CC1CC1C(=O)Nc1ccccc1C(=O)N1CCCCC1. The Bertz CT molecular complexity index is 549. The molecule has 4 heteroatoms. The molecule has 0 spiro atoms. The van der Waals surface area contributed by atoms with E-state index in [2.05, 4.69) is 12.2 Å². The Balaban J connectivity index is 1.75. The summed E-state index contributed by atoms with van der Waals surface area (Å²) in [4.78, 5) is 26.6. The molecular weight excluding hydrogens is 264 g/mol. The zero-order valence-corrected chi connectivity index (χ0v) is 12.5. The van der Waals surface area contributed by atoms with Crippen molar-refractivity contribution in [2.75, 3.05) is 18.4 Å². The summed E-state index contributed by atoms with van der Waals surface area (Å²) in [5.74, 6) is 0.661. The van der Waals surface area contributed by atoms with Gasteiger partial charge in [-0.05, 0) is 43.7 Å². The predicted molar refractivity (Wildman–Crippen MR) is 82.1 cm³/mol. The molecule has 2 unspecified atom stereocenters. The van der Waals surface area contributed by atoms with Crippen molar-refractivity contribution in [1.29, 1.82) is 0 Å². The topological polar surface area (TPSA) is 49.4 Å². The largest absolute Gasteiger partial charge is 0.339 e. The van der Waals surface area contributed by atoms with Crippen LogP contribution >= 0.6 is 0 Å². The number of carbonyl (C=O) groups is 2. The lowest BCUT2D eigenvalue weighted by Crippen LogP contribution is -2.36. The Kier molecular flexibility index (Phi) is 3.95. The molecule has 2 aliphatic rings. The van der Waals surface area contributed by atoms with E-state index in [1.807, 2.05) is 29.2 Å². The van der Waals surface area contributed by atoms with Gasteiger partial charge in [-0.25, -0.2) is 0 Å². The first-order valence-electron chi connectivity index (χ1n) is 7.86. The van der Waals surface area contributed by atoms with Gasteiger partial charge in [0.1, 0.15) is 0 Å². The predicted octanol–water partition coefficient (Wildman–Crippen LogP) is 2.91. The summed E-state index contributed by atoms with van der Waals surface area (Å²) in [6, 6.07) is 7.34. The second-order valence-electron chi connectivity index (χ2n) is 6.21. The van der Waals surface area contributed by atoms with Crippen LogP contribution in [0.1, 0.15) is 43.0 Å². The molecule has 1 aromatic carbocycles. The maximum Gasteiger partial charge on any atom is 0.255 e. The van der Waals surface area contributed by atoms with Crippen molar-refractivity contribution in [3.05, 3.63) is 29.8 Å². The number of hydrogen-bond donors (Lipinski definition) is 1. The van der Waals surface area contributed by atoms with Gasteiger partial charge in [-0.2, -0.15) is 0 Å². The molecule has 1 saturated carbocycles. The first kappa shape index (κ1) is 14.1. The lowest BCUT2D eigenvalue weighted by atomic mass is 10.1. The first-order valence-corrected chi connectivity index (χ1v) is 7.86. The molecule has 4 nitrogen and oxygen atoms in total. The lowest BCUT2D eigenvalue weighted by Gasteiger charge is -2.27. The van der Waals surface area contributed by atoms with Crippen molar-refractivity contribution in [1.82, 2.24) is 4.90 Å². The third-order valence-electron chi connectivity index (χ3n) is 4.50. The van der Waals surface area contributed by atoms with E-state index in [0.717, 1.165) is 32.4 Å². The molecule has 2 amide bonds. The number of piperidine rings is 1. The zero-order chi connectivity index (χ0) is 14.8. The van der Waals surface area contributed by atoms with Crippen LogP contribution in [0.2, 0.25) is 0 Å². The van der Waals surface area contributed by atoms with Gasteiger partial charge < -0.3 is 10.2 Å². The Morgan fingerprint density at radius 1 is 1.14 bits per heavy atom. The first-order chi connectivity index (χ1) is 10.2. The van der Waals surface area contributed by atoms with E-state index in [4.69, 9.17) is 0 Å². The third kappa shape index (κ3) is 3.09. The number of para-hydroxylation sites is 1. The smallest absolute Gasteiger partial charge is 0.255 e. The van der Waals surface area contributed by atoms with Crippen LogP contribution in [0, 0.1) is 11.8 Å². The molecule has 0 radical (unpaired) electrons. The van der Waals surface area contributed by atoms with Crippen LogP contribution in [0.5, 0.6) is 0 Å². The fraction of sp³-hybridized carbons (Fsp3) is 0.529. The molecule has 1 heterocycles. The monoisotopic (exact) mass is 286 g/mol. The number of benzene rings is 1. The number of hydrogen-bond acceptors (Lipinski definition) is 2. The summed E-state index contributed by atoms with van der Waals surface area (Å²) in [5.41, 5.74) is 1.26. The van der Waals surface area contributed by atoms with Crippen molar-refractivity contribution < 1.29 is 9.59 Å². The summed E-state index contributed by atoms with van der Waals surface area (Å²) in [7, 11) is 0. The van der Waals surface area contributed by atoms with Gasteiger partial charge in [-0.15, -0.1) is 0 Å². The standard InChI is InChI=1S/C17H22N2O2/c1-12-11-14(12)16(20)18-15-8-4-3-7-13(15)17(21)19-9-5-2-6-10-19/h3-4,7-8,12,14H,2,5-6,9-11H2,1H3,(H,18,20). The third-order valence-corrected chi connectivity index (χ3v) is 4.50. The fourth-order valence-corrected chi connectivity index (χ4v) is 2.96. The maximum absolute atomic E-state index is 12.6. The molecule has 1 saturated heterocycles. The van der Waals surface area contributed by atoms with Crippen LogP contribution in [-0.4, -0.2) is 29.8 Å². The van der Waals surface area contributed by atoms with Crippen molar-refractivity contribution >= 4 is 17.5 Å². The molecule has 2 fully saturated rings. The van der Waals surface area contributed by atoms with Gasteiger partial charge in [0.2, 0.25) is 5.91 Å². The summed E-state index contributed by atoms with van der Waals surface area (Å²) < 4.78 is 0. The van der Waals surface area contributed by atoms with E-state index in [1.165, 1.54) is 6.42 Å². The number of rotatable bonds is 3. The van der Waals surface area contributed by atoms with Crippen LogP contribution < -0.4 is 5.32 Å². The average Bonchev–Trinajstić information content (AvgIpc) is 3.25. The van der Waals surface area contributed by atoms with E-state index in [1.54, 1.807) is 0 Å². The van der Waals surface area contributed by atoms with Gasteiger partial charge >= 0.3 is 0 Å². The van der Waals surface area contributed by atoms with Crippen molar-refractivity contribution in [2.45, 2.75) is 32.6 Å². The molecular formula is C17H22N2O2. The number of nitrogens with one attached hydrogen (secondary N) is 1. The van der Waals surface area contributed by atoms with E-state index in [0.29, 0.717) is 17.2 Å². The van der Waals surface area contributed by atoms with Crippen molar-refractivity contribution in [2.24, 2.45) is 11.8 Å². The van der Waals surface area contributed by atoms with Crippen molar-refractivity contribution in [3.63, 3.8) is 0 Å². The normalized spacial score (nSPS) is 24.5. The minimum atomic E-state index is 0.0365. The Morgan fingerprint density at radius 2 is 1.81 bits per heavy atom. The molecule has 112 valence electrons. The number of nitrogens with zero attached hydrogens (tertiary/aromatic N) is 1. The van der Waals surface area contributed by atoms with E-state index >= 15 is 0 Å². The molecule has 1 aliphatic heterocycles. The minimum Gasteiger partial charge on any atom is -0.339 e. The van der Waals surface area contributed by atoms with E-state index in [-0.39, 0.29) is 17.7 Å². The zero-order valence-electron chi connectivity index (χ0n) is 12.5. The number of likely N-dealkylation sites (tertiary alicyclic amines) is 1. The number of anilines is 1. The Hall–Kier alpha value is -1.84. The van der Waals surface area contributed by atoms with Crippen LogP contribution in [0.4, 0.5) is 5.69 Å². The number of amides is 2. The minimum absolute atomic E-state index is 0.0365. The van der Waals surface area contributed by atoms with Gasteiger partial charge in [-0.1, -0.05) is 19.1 Å². The highest BCUT2D eigenvalue weighted by molar-refractivity contribution is 6.04. The molecule has 1 N–H and O–H groups in total. The highest BCUT2D eigenvalue weighted by Crippen LogP contribution is 2.38. The van der Waals surface area contributed by atoms with Crippen molar-refractivity contribution in [3.8, 4) is 0 Å². The highest BCUT2D eigenvalue weighted by atomic mass is 16.2. The summed E-state index contributed by atoms with van der Waals surface area (Å²) in [6.45, 7) is 3.72. The summed E-state index contributed by atoms with van der Waals surface area (Å²) in [6.07, 6.45) is 4.29. The molecule has 2 atom stereocenters. The van der Waals surface area contributed by atoms with E-state index in [9.17, 15) is 9.59 Å². The maximum atomic E-state index is 12.6. The summed E-state index contributed by atoms with van der Waals surface area (Å²) in [5, 5.41) is 2.94. The molecule has 0 bridgehead atoms. The molecule has 0 aromatic heterocycles. The molecule has 3 rings (SSSR count). The summed E-state index contributed by atoms with van der Waals surface area (Å²) >= 11 is 0. The fourth-order valence-electron chi connectivity index (χ4n) is 2.96. The molecule has 21 heavy (non-hydrogen) atoms. The van der Waals surface area contributed by atoms with Gasteiger partial charge in [0.05, 0.1) is 11.3 Å². The van der Waals surface area contributed by atoms with Gasteiger partial charge in [0, 0.05) is 19.0 Å². The quantitative estimate of drug-likeness (QED) is 0.928. The van der Waals surface area contributed by atoms with Crippen LogP contribution in [0.25, 0.3) is 0 Å². The average molecular weight is 286 g/mol. The van der Waals surface area contributed by atoms with Crippen LogP contribution in [0.3, 0.4) is 0 Å².